The van der Waals surface area contributed by atoms with E-state index in [0.717, 1.165) is 52.7 Å². The summed E-state index contributed by atoms with van der Waals surface area (Å²) in [5, 5.41) is 3.60. The first-order chi connectivity index (χ1) is 11.0. The molecule has 1 fully saturated rings. The largest absolute Gasteiger partial charge is 0.492 e. The van der Waals surface area contributed by atoms with Crippen molar-refractivity contribution in [2.75, 3.05) is 26.2 Å². The van der Waals surface area contributed by atoms with Gasteiger partial charge in [0.05, 0.1) is 17.6 Å². The van der Waals surface area contributed by atoms with Crippen LogP contribution in [0.15, 0.2) is 21.1 Å². The monoisotopic (exact) mass is 447 g/mol. The maximum Gasteiger partial charge on any atom is 0.231 e. The highest BCUT2D eigenvalue weighted by Crippen LogP contribution is 2.33. The van der Waals surface area contributed by atoms with E-state index in [1.807, 2.05) is 13.0 Å². The van der Waals surface area contributed by atoms with Gasteiger partial charge in [-0.25, -0.2) is 0 Å². The highest BCUT2D eigenvalue weighted by atomic mass is 79.9. The lowest BCUT2D eigenvalue weighted by molar-refractivity contribution is -0.119. The Morgan fingerprint density at radius 2 is 2.09 bits per heavy atom. The lowest BCUT2D eigenvalue weighted by atomic mass is 10.0. The third-order valence-corrected chi connectivity index (χ3v) is 4.97. The molecule has 5 nitrogen and oxygen atoms in total. The van der Waals surface area contributed by atoms with E-state index in [4.69, 9.17) is 10.5 Å². The normalized spacial score (nSPS) is 16.5. The van der Waals surface area contributed by atoms with Gasteiger partial charge in [0.25, 0.3) is 0 Å². The number of carbonyl (C=O) groups is 1. The van der Waals surface area contributed by atoms with Crippen molar-refractivity contribution >= 4 is 37.8 Å². The molecule has 1 saturated heterocycles. The minimum absolute atomic E-state index is 0.253. The Morgan fingerprint density at radius 3 is 2.70 bits per heavy atom. The summed E-state index contributed by atoms with van der Waals surface area (Å²) in [7, 11) is 0. The van der Waals surface area contributed by atoms with Crippen molar-refractivity contribution in [1.82, 2.24) is 10.2 Å². The van der Waals surface area contributed by atoms with E-state index < -0.39 is 0 Å². The van der Waals surface area contributed by atoms with E-state index in [1.54, 1.807) is 0 Å². The average Bonchev–Trinajstić information content (AvgIpc) is 2.49. The van der Waals surface area contributed by atoms with Gasteiger partial charge in [0, 0.05) is 35.7 Å². The van der Waals surface area contributed by atoms with Gasteiger partial charge in [-0.2, -0.15) is 0 Å². The SMILES string of the molecule is CCOc1c(Br)cc(Br)cc1CNC1CCN(CC(N)=O)CC1. The second kappa shape index (κ2) is 9.01. The summed E-state index contributed by atoms with van der Waals surface area (Å²) in [6.45, 7) is 5.55. The zero-order valence-corrected chi connectivity index (χ0v) is 16.5. The number of carbonyl (C=O) groups excluding carboxylic acids is 1. The van der Waals surface area contributed by atoms with Gasteiger partial charge in [-0.15, -0.1) is 0 Å². The summed E-state index contributed by atoms with van der Waals surface area (Å²) in [5.74, 6) is 0.645. The van der Waals surface area contributed by atoms with Crippen molar-refractivity contribution in [2.24, 2.45) is 5.73 Å². The number of likely N-dealkylation sites (tertiary alicyclic amines) is 1. The fraction of sp³-hybridized carbons (Fsp3) is 0.562. The maximum atomic E-state index is 11.0. The molecular formula is C16H23Br2N3O2. The molecule has 0 radical (unpaired) electrons. The topological polar surface area (TPSA) is 67.6 Å². The van der Waals surface area contributed by atoms with Crippen LogP contribution in [0.3, 0.4) is 0 Å². The number of ether oxygens (including phenoxy) is 1. The Labute approximate surface area is 154 Å². The van der Waals surface area contributed by atoms with Gasteiger partial charge in [0.15, 0.2) is 0 Å². The number of hydrogen-bond acceptors (Lipinski definition) is 4. The predicted molar refractivity (Wildman–Crippen MR) is 98.5 cm³/mol. The quantitative estimate of drug-likeness (QED) is 0.672. The first-order valence-corrected chi connectivity index (χ1v) is 9.43. The van der Waals surface area contributed by atoms with Gasteiger partial charge in [-0.05, 0) is 47.8 Å². The molecule has 0 bridgehead atoms. The smallest absolute Gasteiger partial charge is 0.231 e. The van der Waals surface area contributed by atoms with Gasteiger partial charge >= 0.3 is 0 Å². The zero-order valence-electron chi connectivity index (χ0n) is 13.3. The van der Waals surface area contributed by atoms with Crippen molar-refractivity contribution in [2.45, 2.75) is 32.4 Å². The molecule has 1 heterocycles. The average molecular weight is 449 g/mol. The predicted octanol–water partition coefficient (Wildman–Crippen LogP) is 2.65. The van der Waals surface area contributed by atoms with E-state index in [-0.39, 0.29) is 5.91 Å². The summed E-state index contributed by atoms with van der Waals surface area (Å²) >= 11 is 7.09. The van der Waals surface area contributed by atoms with E-state index in [0.29, 0.717) is 19.2 Å². The molecule has 0 spiro atoms. The number of rotatable bonds is 7. The molecule has 1 aliphatic heterocycles. The van der Waals surface area contributed by atoms with Gasteiger partial charge in [-0.3, -0.25) is 9.69 Å². The van der Waals surface area contributed by atoms with Crippen LogP contribution in [-0.4, -0.2) is 43.1 Å². The summed E-state index contributed by atoms with van der Waals surface area (Å²) < 4.78 is 7.74. The zero-order chi connectivity index (χ0) is 16.8. The molecule has 3 N–H and O–H groups in total. The number of piperidine rings is 1. The Bertz CT molecular complexity index is 546. The lowest BCUT2D eigenvalue weighted by Gasteiger charge is -2.31. The van der Waals surface area contributed by atoms with E-state index in [9.17, 15) is 4.79 Å². The molecule has 0 aromatic heterocycles. The highest BCUT2D eigenvalue weighted by molar-refractivity contribution is 9.11. The van der Waals surface area contributed by atoms with Crippen LogP contribution in [-0.2, 0) is 11.3 Å². The number of halogens is 2. The maximum absolute atomic E-state index is 11.0. The van der Waals surface area contributed by atoms with Crippen LogP contribution in [0.5, 0.6) is 5.75 Å². The third-order valence-electron chi connectivity index (χ3n) is 3.92. The number of benzene rings is 1. The fourth-order valence-electron chi connectivity index (χ4n) is 2.82. The molecule has 0 aliphatic carbocycles. The fourth-order valence-corrected chi connectivity index (χ4v) is 4.25. The second-order valence-electron chi connectivity index (χ2n) is 5.71. The van der Waals surface area contributed by atoms with Crippen LogP contribution < -0.4 is 15.8 Å². The highest BCUT2D eigenvalue weighted by Gasteiger charge is 2.20. The molecule has 128 valence electrons. The van der Waals surface area contributed by atoms with Gasteiger partial charge < -0.3 is 15.8 Å². The van der Waals surface area contributed by atoms with Crippen LogP contribution in [0.25, 0.3) is 0 Å². The summed E-state index contributed by atoms with van der Waals surface area (Å²) in [5.41, 5.74) is 6.38. The third kappa shape index (κ3) is 5.74. The number of hydrogen-bond donors (Lipinski definition) is 2. The second-order valence-corrected chi connectivity index (χ2v) is 7.48. The molecule has 1 amide bonds. The minimum atomic E-state index is -0.253. The van der Waals surface area contributed by atoms with Crippen LogP contribution in [0, 0.1) is 0 Å². The van der Waals surface area contributed by atoms with E-state index >= 15 is 0 Å². The van der Waals surface area contributed by atoms with Crippen molar-refractivity contribution < 1.29 is 9.53 Å². The van der Waals surface area contributed by atoms with Crippen molar-refractivity contribution in [3.8, 4) is 5.75 Å². The summed E-state index contributed by atoms with van der Waals surface area (Å²) in [6, 6.07) is 4.54. The van der Waals surface area contributed by atoms with Crippen LogP contribution >= 0.6 is 31.9 Å². The molecule has 23 heavy (non-hydrogen) atoms. The Balaban J connectivity index is 1.90. The number of primary amides is 1. The minimum Gasteiger partial charge on any atom is -0.492 e. The molecule has 0 atom stereocenters. The summed E-state index contributed by atoms with van der Waals surface area (Å²) in [6.07, 6.45) is 2.04. The molecule has 0 unspecified atom stereocenters. The van der Waals surface area contributed by atoms with Gasteiger partial charge in [0.1, 0.15) is 5.75 Å². The number of nitrogens with two attached hydrogens (primary N) is 1. The van der Waals surface area contributed by atoms with Gasteiger partial charge in [0.2, 0.25) is 5.91 Å². The van der Waals surface area contributed by atoms with Crippen molar-refractivity contribution in [3.63, 3.8) is 0 Å². The Kier molecular flexibility index (Phi) is 7.33. The van der Waals surface area contributed by atoms with E-state index in [1.165, 1.54) is 0 Å². The van der Waals surface area contributed by atoms with Crippen LogP contribution in [0.4, 0.5) is 0 Å². The van der Waals surface area contributed by atoms with E-state index in [2.05, 4.69) is 48.1 Å². The van der Waals surface area contributed by atoms with Crippen molar-refractivity contribution in [3.05, 3.63) is 26.6 Å². The molecular weight excluding hydrogens is 426 g/mol. The number of nitrogens with zero attached hydrogens (tertiary/aromatic N) is 1. The molecule has 1 aromatic carbocycles. The molecule has 0 saturated carbocycles. The van der Waals surface area contributed by atoms with Crippen LogP contribution in [0.1, 0.15) is 25.3 Å². The van der Waals surface area contributed by atoms with Crippen LogP contribution in [0.2, 0.25) is 0 Å². The molecule has 1 aliphatic rings. The van der Waals surface area contributed by atoms with Crippen molar-refractivity contribution in [1.29, 1.82) is 0 Å². The number of amides is 1. The number of nitrogens with one attached hydrogen (secondary N) is 1. The molecule has 2 rings (SSSR count). The summed E-state index contributed by atoms with van der Waals surface area (Å²) in [4.78, 5) is 13.1. The standard InChI is InChI=1S/C16H23Br2N3O2/c1-2-23-16-11(7-12(17)8-14(16)18)9-20-13-3-5-21(6-4-13)10-15(19)22/h7-8,13,20H,2-6,9-10H2,1H3,(H2,19,22). The molecule has 1 aromatic rings. The first-order valence-electron chi connectivity index (χ1n) is 7.84. The lowest BCUT2D eigenvalue weighted by Crippen LogP contribution is -2.45. The molecule has 7 heteroatoms. The van der Waals surface area contributed by atoms with Gasteiger partial charge in [-0.1, -0.05) is 15.9 Å². The first kappa shape index (κ1) is 18.7. The Hall–Kier alpha value is -0.630. The Morgan fingerprint density at radius 1 is 1.39 bits per heavy atom.